The van der Waals surface area contributed by atoms with Gasteiger partial charge >= 0.3 is 0 Å². The van der Waals surface area contributed by atoms with E-state index in [1.54, 1.807) is 18.2 Å². The molecule has 5 heteroatoms. The van der Waals surface area contributed by atoms with Gasteiger partial charge in [0.1, 0.15) is 22.5 Å². The van der Waals surface area contributed by atoms with E-state index in [4.69, 9.17) is 16.3 Å². The minimum atomic E-state index is -0.399. The fraction of sp³-hybridized carbons (Fsp3) is 0.286. The summed E-state index contributed by atoms with van der Waals surface area (Å²) in [5, 5.41) is 0.309. The van der Waals surface area contributed by atoms with Crippen molar-refractivity contribution in [2.75, 3.05) is 7.11 Å². The minimum absolute atomic E-state index is 0.124. The van der Waals surface area contributed by atoms with Crippen LogP contribution in [0.1, 0.15) is 25.6 Å². The first-order valence-electron chi connectivity index (χ1n) is 5.89. The second kappa shape index (κ2) is 5.53. The second-order valence-electron chi connectivity index (χ2n) is 4.43. The Balaban J connectivity index is 2.52. The zero-order chi connectivity index (χ0) is 14.0. The third-order valence-corrected chi connectivity index (χ3v) is 2.87. The van der Waals surface area contributed by atoms with Gasteiger partial charge in [0.15, 0.2) is 0 Å². The Hall–Kier alpha value is -1.68. The smallest absolute Gasteiger partial charge is 0.136 e. The molecule has 0 radical (unpaired) electrons. The summed E-state index contributed by atoms with van der Waals surface area (Å²) in [6.07, 6.45) is 0. The number of nitrogens with zero attached hydrogens (tertiary/aromatic N) is 2. The van der Waals surface area contributed by atoms with Gasteiger partial charge in [0, 0.05) is 23.6 Å². The number of rotatable bonds is 3. The van der Waals surface area contributed by atoms with Crippen molar-refractivity contribution < 1.29 is 9.13 Å². The van der Waals surface area contributed by atoms with Crippen LogP contribution in [0.25, 0.3) is 11.3 Å². The second-order valence-corrected chi connectivity index (χ2v) is 4.82. The van der Waals surface area contributed by atoms with Gasteiger partial charge in [-0.15, -0.1) is 0 Å². The van der Waals surface area contributed by atoms with E-state index in [1.165, 1.54) is 13.2 Å². The van der Waals surface area contributed by atoms with E-state index in [9.17, 15) is 4.39 Å². The largest absolute Gasteiger partial charge is 0.497 e. The van der Waals surface area contributed by atoms with Gasteiger partial charge in [0.2, 0.25) is 0 Å². The van der Waals surface area contributed by atoms with Crippen LogP contribution < -0.4 is 4.74 Å². The van der Waals surface area contributed by atoms with Gasteiger partial charge in [-0.1, -0.05) is 25.4 Å². The molecule has 0 aliphatic carbocycles. The first-order valence-corrected chi connectivity index (χ1v) is 6.27. The third kappa shape index (κ3) is 3.01. The Morgan fingerprint density at radius 1 is 1.21 bits per heavy atom. The molecular formula is C14H14ClFN2O. The topological polar surface area (TPSA) is 35.0 Å². The zero-order valence-electron chi connectivity index (χ0n) is 10.9. The molecule has 0 spiro atoms. The summed E-state index contributed by atoms with van der Waals surface area (Å²) in [7, 11) is 1.49. The molecule has 100 valence electrons. The van der Waals surface area contributed by atoms with Gasteiger partial charge in [0.05, 0.1) is 12.8 Å². The normalized spacial score (nSPS) is 10.8. The Morgan fingerprint density at radius 3 is 2.53 bits per heavy atom. The fourth-order valence-corrected chi connectivity index (χ4v) is 1.85. The molecule has 2 rings (SSSR count). The van der Waals surface area contributed by atoms with Crippen molar-refractivity contribution in [2.24, 2.45) is 0 Å². The molecule has 0 N–H and O–H groups in total. The van der Waals surface area contributed by atoms with Crippen LogP contribution >= 0.6 is 11.6 Å². The zero-order valence-corrected chi connectivity index (χ0v) is 11.7. The van der Waals surface area contributed by atoms with E-state index in [1.807, 2.05) is 13.8 Å². The number of methoxy groups -OCH3 is 1. The quantitative estimate of drug-likeness (QED) is 0.795. The highest BCUT2D eigenvalue weighted by atomic mass is 35.5. The fourth-order valence-electron chi connectivity index (χ4n) is 1.66. The number of benzene rings is 1. The van der Waals surface area contributed by atoms with Crippen molar-refractivity contribution >= 4 is 11.6 Å². The molecule has 19 heavy (non-hydrogen) atoms. The number of ether oxygens (including phenoxy) is 1. The number of hydrogen-bond acceptors (Lipinski definition) is 3. The molecule has 0 fully saturated rings. The SMILES string of the molecule is COc1ccc(-c2cc(Cl)nc(C(C)C)n2)c(F)c1. The molecule has 1 aromatic heterocycles. The Kier molecular flexibility index (Phi) is 4.00. The molecule has 0 unspecified atom stereocenters. The lowest BCUT2D eigenvalue weighted by Crippen LogP contribution is -2.00. The van der Waals surface area contributed by atoms with Gasteiger partial charge < -0.3 is 4.74 Å². The molecule has 3 nitrogen and oxygen atoms in total. The van der Waals surface area contributed by atoms with Gasteiger partial charge in [-0.05, 0) is 12.1 Å². The molecular weight excluding hydrogens is 267 g/mol. The molecule has 0 aliphatic rings. The lowest BCUT2D eigenvalue weighted by atomic mass is 10.1. The van der Waals surface area contributed by atoms with Crippen molar-refractivity contribution in [2.45, 2.75) is 19.8 Å². The summed E-state index contributed by atoms with van der Waals surface area (Å²) in [5.41, 5.74) is 0.857. The minimum Gasteiger partial charge on any atom is -0.497 e. The summed E-state index contributed by atoms with van der Waals surface area (Å²) >= 11 is 5.96. The number of halogens is 2. The average Bonchev–Trinajstić information content (AvgIpc) is 2.37. The van der Waals surface area contributed by atoms with Crippen LogP contribution in [0, 0.1) is 5.82 Å². The highest BCUT2D eigenvalue weighted by Crippen LogP contribution is 2.27. The van der Waals surface area contributed by atoms with Gasteiger partial charge in [-0.3, -0.25) is 0 Å². The lowest BCUT2D eigenvalue weighted by Gasteiger charge is -2.09. The lowest BCUT2D eigenvalue weighted by molar-refractivity contribution is 0.411. The van der Waals surface area contributed by atoms with Crippen LogP contribution in [0.3, 0.4) is 0 Å². The van der Waals surface area contributed by atoms with E-state index in [-0.39, 0.29) is 5.92 Å². The van der Waals surface area contributed by atoms with E-state index >= 15 is 0 Å². The molecule has 0 aliphatic heterocycles. The maximum Gasteiger partial charge on any atom is 0.136 e. The molecule has 0 saturated heterocycles. The molecule has 0 atom stereocenters. The van der Waals surface area contributed by atoms with Crippen molar-refractivity contribution in [1.82, 2.24) is 9.97 Å². The van der Waals surface area contributed by atoms with Crippen molar-refractivity contribution in [3.05, 3.63) is 41.1 Å². The van der Waals surface area contributed by atoms with Gasteiger partial charge in [0.25, 0.3) is 0 Å². The summed E-state index contributed by atoms with van der Waals surface area (Å²) < 4.78 is 19.0. The van der Waals surface area contributed by atoms with Crippen LogP contribution in [0.15, 0.2) is 24.3 Å². The molecule has 1 heterocycles. The Morgan fingerprint density at radius 2 is 1.95 bits per heavy atom. The predicted octanol–water partition coefficient (Wildman–Crippen LogP) is 4.07. The van der Waals surface area contributed by atoms with E-state index in [2.05, 4.69) is 9.97 Å². The predicted molar refractivity (Wildman–Crippen MR) is 73.1 cm³/mol. The molecule has 1 aromatic carbocycles. The molecule has 2 aromatic rings. The van der Waals surface area contributed by atoms with Crippen molar-refractivity contribution in [3.63, 3.8) is 0 Å². The molecule has 0 bridgehead atoms. The maximum atomic E-state index is 14.0. The third-order valence-electron chi connectivity index (χ3n) is 2.68. The number of aromatic nitrogens is 2. The van der Waals surface area contributed by atoms with Crippen LogP contribution in [-0.4, -0.2) is 17.1 Å². The molecule has 0 amide bonds. The highest BCUT2D eigenvalue weighted by Gasteiger charge is 2.12. The Bertz CT molecular complexity index is 602. The first-order chi connectivity index (χ1) is 9.01. The van der Waals surface area contributed by atoms with Crippen molar-refractivity contribution in [3.8, 4) is 17.0 Å². The number of hydrogen-bond donors (Lipinski definition) is 0. The summed E-state index contributed by atoms with van der Waals surface area (Å²) in [6.45, 7) is 3.92. The van der Waals surface area contributed by atoms with Crippen LogP contribution in [0.2, 0.25) is 5.15 Å². The summed E-state index contributed by atoms with van der Waals surface area (Å²) in [6, 6.07) is 6.18. The van der Waals surface area contributed by atoms with Crippen LogP contribution in [-0.2, 0) is 0 Å². The van der Waals surface area contributed by atoms with Gasteiger partial charge in [-0.2, -0.15) is 0 Å². The summed E-state index contributed by atoms with van der Waals surface area (Å²) in [4.78, 5) is 8.47. The monoisotopic (exact) mass is 280 g/mol. The maximum absolute atomic E-state index is 14.0. The van der Waals surface area contributed by atoms with Crippen LogP contribution in [0.4, 0.5) is 4.39 Å². The van der Waals surface area contributed by atoms with Crippen molar-refractivity contribution in [1.29, 1.82) is 0 Å². The van der Waals surface area contributed by atoms with Crippen LogP contribution in [0.5, 0.6) is 5.75 Å². The first kappa shape index (κ1) is 13.7. The average molecular weight is 281 g/mol. The summed E-state index contributed by atoms with van der Waals surface area (Å²) in [5.74, 6) is 0.783. The highest BCUT2D eigenvalue weighted by molar-refractivity contribution is 6.29. The Labute approximate surface area is 116 Å². The molecule has 0 saturated carbocycles. The standard InChI is InChI=1S/C14H14ClFN2O/c1-8(2)14-17-12(7-13(15)18-14)10-5-4-9(19-3)6-11(10)16/h4-8H,1-3H3. The van der Waals surface area contributed by atoms with E-state index < -0.39 is 5.82 Å². The van der Waals surface area contributed by atoms with Gasteiger partial charge in [-0.25, -0.2) is 14.4 Å². The van der Waals surface area contributed by atoms with E-state index in [0.717, 1.165) is 0 Å². The van der Waals surface area contributed by atoms with E-state index in [0.29, 0.717) is 28.0 Å².